The highest BCUT2D eigenvalue weighted by Gasteiger charge is 2.08. The molecule has 7 heteroatoms. The van der Waals surface area contributed by atoms with E-state index in [2.05, 4.69) is 16.7 Å². The number of carbonyl (C=O) groups is 1. The first-order chi connectivity index (χ1) is 11.3. The van der Waals surface area contributed by atoms with Gasteiger partial charge in [-0.05, 0) is 67.5 Å². The number of halogens is 2. The molecular weight excluding hydrogens is 367 g/mol. The van der Waals surface area contributed by atoms with Gasteiger partial charge in [0.25, 0.3) is 5.91 Å². The topological polar surface area (TPSA) is 50.4 Å². The standard InChI is InChI=1S/C17H16Cl2N2O2S/c1-10-5-11(2)7-13(6-10)20-17(24)21-16(22)9-23-15-4-3-12(18)8-14(15)19/h3-8H,9H2,1-2H3,(H2,20,21,22,24). The molecule has 0 aliphatic rings. The SMILES string of the molecule is Cc1cc(C)cc(NC(=S)NC(=O)COc2ccc(Cl)cc2Cl)c1. The van der Waals surface area contributed by atoms with Gasteiger partial charge in [-0.1, -0.05) is 29.3 Å². The smallest absolute Gasteiger partial charge is 0.264 e. The van der Waals surface area contributed by atoms with Crippen molar-refractivity contribution in [3.05, 3.63) is 57.6 Å². The zero-order valence-corrected chi connectivity index (χ0v) is 15.5. The molecule has 1 amide bonds. The number of anilines is 1. The minimum atomic E-state index is -0.386. The number of amides is 1. The van der Waals surface area contributed by atoms with Gasteiger partial charge in [0.1, 0.15) is 5.75 Å². The molecule has 2 aromatic carbocycles. The zero-order chi connectivity index (χ0) is 17.7. The quantitative estimate of drug-likeness (QED) is 0.764. The van der Waals surface area contributed by atoms with Crippen molar-refractivity contribution < 1.29 is 9.53 Å². The van der Waals surface area contributed by atoms with Gasteiger partial charge in [0.05, 0.1) is 5.02 Å². The summed E-state index contributed by atoms with van der Waals surface area (Å²) in [6.07, 6.45) is 0. The summed E-state index contributed by atoms with van der Waals surface area (Å²) in [6.45, 7) is 3.77. The highest BCUT2D eigenvalue weighted by molar-refractivity contribution is 7.80. The third kappa shape index (κ3) is 5.67. The van der Waals surface area contributed by atoms with Crippen LogP contribution in [0.5, 0.6) is 5.75 Å². The molecule has 0 saturated heterocycles. The van der Waals surface area contributed by atoms with Crippen LogP contribution in [0.4, 0.5) is 5.69 Å². The molecule has 4 nitrogen and oxygen atoms in total. The number of hydrogen-bond acceptors (Lipinski definition) is 3. The zero-order valence-electron chi connectivity index (χ0n) is 13.2. The van der Waals surface area contributed by atoms with Gasteiger partial charge in [0, 0.05) is 10.7 Å². The summed E-state index contributed by atoms with van der Waals surface area (Å²) in [7, 11) is 0. The van der Waals surface area contributed by atoms with E-state index < -0.39 is 0 Å². The molecule has 0 fully saturated rings. The highest BCUT2D eigenvalue weighted by Crippen LogP contribution is 2.27. The number of rotatable bonds is 4. The van der Waals surface area contributed by atoms with Crippen molar-refractivity contribution in [2.24, 2.45) is 0 Å². The molecule has 126 valence electrons. The highest BCUT2D eigenvalue weighted by atomic mass is 35.5. The second-order valence-corrected chi connectivity index (χ2v) is 6.49. The number of thiocarbonyl (C=S) groups is 1. The largest absolute Gasteiger partial charge is 0.482 e. The van der Waals surface area contributed by atoms with Crippen molar-refractivity contribution in [2.45, 2.75) is 13.8 Å². The molecule has 0 radical (unpaired) electrons. The average Bonchev–Trinajstić information content (AvgIpc) is 2.44. The maximum Gasteiger partial charge on any atom is 0.264 e. The van der Waals surface area contributed by atoms with Crippen LogP contribution in [0.3, 0.4) is 0 Å². The van der Waals surface area contributed by atoms with Crippen molar-refractivity contribution in [1.29, 1.82) is 0 Å². The molecule has 2 aromatic rings. The molecular formula is C17H16Cl2N2O2S. The predicted octanol–water partition coefficient (Wildman–Crippen LogP) is 4.50. The fourth-order valence-corrected chi connectivity index (χ4v) is 2.80. The fourth-order valence-electron chi connectivity index (χ4n) is 2.11. The van der Waals surface area contributed by atoms with E-state index in [4.69, 9.17) is 40.2 Å². The number of aryl methyl sites for hydroxylation is 2. The summed E-state index contributed by atoms with van der Waals surface area (Å²) in [5.41, 5.74) is 3.03. The molecule has 0 unspecified atom stereocenters. The first-order valence-corrected chi connectivity index (χ1v) is 8.27. The van der Waals surface area contributed by atoms with E-state index in [0.29, 0.717) is 15.8 Å². The van der Waals surface area contributed by atoms with Gasteiger partial charge >= 0.3 is 0 Å². The Morgan fingerprint density at radius 2 is 1.79 bits per heavy atom. The monoisotopic (exact) mass is 382 g/mol. The van der Waals surface area contributed by atoms with Crippen molar-refractivity contribution in [3.63, 3.8) is 0 Å². The Morgan fingerprint density at radius 1 is 1.12 bits per heavy atom. The first-order valence-electron chi connectivity index (χ1n) is 7.10. The van der Waals surface area contributed by atoms with Crippen molar-refractivity contribution in [1.82, 2.24) is 5.32 Å². The lowest BCUT2D eigenvalue weighted by Crippen LogP contribution is -2.37. The Hall–Kier alpha value is -1.82. The normalized spacial score (nSPS) is 10.2. The summed E-state index contributed by atoms with van der Waals surface area (Å²) in [5.74, 6) is -0.00713. The van der Waals surface area contributed by atoms with Crippen molar-refractivity contribution >= 4 is 52.1 Å². The first kappa shape index (κ1) is 18.5. The van der Waals surface area contributed by atoms with Crippen LogP contribution in [0.2, 0.25) is 10.0 Å². The molecule has 2 N–H and O–H groups in total. The number of hydrogen-bond donors (Lipinski definition) is 2. The second-order valence-electron chi connectivity index (χ2n) is 5.24. The van der Waals surface area contributed by atoms with Crippen molar-refractivity contribution in [2.75, 3.05) is 11.9 Å². The lowest BCUT2D eigenvalue weighted by Gasteiger charge is -2.12. The van der Waals surface area contributed by atoms with Crippen LogP contribution < -0.4 is 15.4 Å². The Bertz CT molecular complexity index is 761. The number of carbonyl (C=O) groups excluding carboxylic acids is 1. The van der Waals surface area contributed by atoms with E-state index in [1.165, 1.54) is 0 Å². The van der Waals surface area contributed by atoms with Crippen LogP contribution >= 0.6 is 35.4 Å². The van der Waals surface area contributed by atoms with Gasteiger partial charge in [-0.3, -0.25) is 10.1 Å². The molecule has 2 rings (SSSR count). The van der Waals surface area contributed by atoms with Crippen molar-refractivity contribution in [3.8, 4) is 5.75 Å². The maximum atomic E-state index is 11.9. The van der Waals surface area contributed by atoms with Crippen LogP contribution in [-0.2, 0) is 4.79 Å². The van der Waals surface area contributed by atoms with Crippen LogP contribution in [0.15, 0.2) is 36.4 Å². The number of benzene rings is 2. The molecule has 0 aromatic heterocycles. The van der Waals surface area contributed by atoms with E-state index >= 15 is 0 Å². The van der Waals surface area contributed by atoms with Gasteiger partial charge in [0.15, 0.2) is 11.7 Å². The minimum Gasteiger partial charge on any atom is -0.482 e. The van der Waals surface area contributed by atoms with E-state index in [9.17, 15) is 4.79 Å². The molecule has 24 heavy (non-hydrogen) atoms. The number of nitrogens with one attached hydrogen (secondary N) is 2. The molecule has 0 spiro atoms. The van der Waals surface area contributed by atoms with Gasteiger partial charge < -0.3 is 10.1 Å². The molecule has 0 aliphatic carbocycles. The number of ether oxygens (including phenoxy) is 1. The lowest BCUT2D eigenvalue weighted by molar-refractivity contribution is -0.121. The molecule has 0 heterocycles. The Kier molecular flexibility index (Phi) is 6.43. The lowest BCUT2D eigenvalue weighted by atomic mass is 10.1. The predicted molar refractivity (Wildman–Crippen MR) is 102 cm³/mol. The fraction of sp³-hybridized carbons (Fsp3) is 0.176. The molecule has 0 saturated carbocycles. The maximum absolute atomic E-state index is 11.9. The van der Waals surface area contributed by atoms with Crippen LogP contribution in [-0.4, -0.2) is 17.6 Å². The summed E-state index contributed by atoms with van der Waals surface area (Å²) < 4.78 is 5.35. The van der Waals surface area contributed by atoms with E-state index in [0.717, 1.165) is 16.8 Å². The second kappa shape index (κ2) is 8.33. The molecule has 0 bridgehead atoms. The summed E-state index contributed by atoms with van der Waals surface area (Å²) in [5, 5.41) is 6.57. The minimum absolute atomic E-state index is 0.204. The molecule has 0 aliphatic heterocycles. The third-order valence-corrected chi connectivity index (χ3v) is 3.72. The molecule has 0 atom stereocenters. The summed E-state index contributed by atoms with van der Waals surface area (Å²) in [6, 6.07) is 10.7. The van der Waals surface area contributed by atoms with E-state index in [1.54, 1.807) is 18.2 Å². The van der Waals surface area contributed by atoms with Gasteiger partial charge in [-0.25, -0.2) is 0 Å². The van der Waals surface area contributed by atoms with Crippen LogP contribution in [0, 0.1) is 13.8 Å². The van der Waals surface area contributed by atoms with E-state index in [-0.39, 0.29) is 17.6 Å². The average molecular weight is 383 g/mol. The third-order valence-electron chi connectivity index (χ3n) is 2.99. The summed E-state index contributed by atoms with van der Waals surface area (Å²) >= 11 is 16.9. The van der Waals surface area contributed by atoms with E-state index in [1.807, 2.05) is 26.0 Å². The van der Waals surface area contributed by atoms with Crippen LogP contribution in [0.25, 0.3) is 0 Å². The van der Waals surface area contributed by atoms with Gasteiger partial charge in [-0.2, -0.15) is 0 Å². The Labute approximate surface area is 156 Å². The van der Waals surface area contributed by atoms with Gasteiger partial charge in [-0.15, -0.1) is 0 Å². The van der Waals surface area contributed by atoms with Crippen LogP contribution in [0.1, 0.15) is 11.1 Å². The summed E-state index contributed by atoms with van der Waals surface area (Å²) in [4.78, 5) is 11.9. The van der Waals surface area contributed by atoms with Gasteiger partial charge in [0.2, 0.25) is 0 Å². The Balaban J connectivity index is 1.86. The Morgan fingerprint density at radius 3 is 2.42 bits per heavy atom.